The Bertz CT molecular complexity index is 1330. The van der Waals surface area contributed by atoms with E-state index in [2.05, 4.69) is 50.8 Å². The molecule has 0 aliphatic heterocycles. The molecule has 3 aromatic heterocycles. The molecule has 1 amide bonds. The van der Waals surface area contributed by atoms with Gasteiger partial charge in [0.05, 0.1) is 29.2 Å². The number of carboxylic acid groups (broad SMARTS) is 1. The van der Waals surface area contributed by atoms with E-state index in [0.29, 0.717) is 42.7 Å². The Balaban J connectivity index is 1.45. The van der Waals surface area contributed by atoms with Crippen LogP contribution in [0.2, 0.25) is 25.7 Å². The Labute approximate surface area is 239 Å². The number of hydrogen-bond acceptors (Lipinski definition) is 6. The summed E-state index contributed by atoms with van der Waals surface area (Å²) < 4.78 is 56.4. The number of fused-ring (bicyclic) bond motifs is 1. The lowest BCUT2D eigenvalue weighted by Crippen LogP contribution is -2.29. The molecule has 0 aromatic carbocycles. The molecule has 3 heterocycles. The monoisotopic (exact) mass is 646 g/mol. The number of anilines is 1. The van der Waals surface area contributed by atoms with Crippen molar-refractivity contribution in [3.05, 3.63) is 28.8 Å². The number of rotatable bonds is 10. The number of amides is 1. The second kappa shape index (κ2) is 12.1. The van der Waals surface area contributed by atoms with Gasteiger partial charge in [-0.2, -0.15) is 23.4 Å². The van der Waals surface area contributed by atoms with Crippen LogP contribution in [0.5, 0.6) is 5.75 Å². The molecule has 1 aliphatic carbocycles. The quantitative estimate of drug-likeness (QED) is 0.191. The Morgan fingerprint density at radius 2 is 1.93 bits per heavy atom. The molecule has 1 N–H and O–H groups in total. The summed E-state index contributed by atoms with van der Waals surface area (Å²) in [6, 6.07) is 2.51. The van der Waals surface area contributed by atoms with Crippen LogP contribution in [0.25, 0.3) is 10.9 Å². The van der Waals surface area contributed by atoms with E-state index in [1.807, 2.05) is 4.68 Å². The van der Waals surface area contributed by atoms with E-state index in [-0.39, 0.29) is 25.1 Å². The first-order chi connectivity index (χ1) is 18.8. The van der Waals surface area contributed by atoms with Crippen molar-refractivity contribution in [3.63, 3.8) is 0 Å². The van der Waals surface area contributed by atoms with E-state index in [9.17, 15) is 23.1 Å². The number of aromatic nitrogens is 5. The van der Waals surface area contributed by atoms with Crippen LogP contribution in [-0.2, 0) is 17.6 Å². The fourth-order valence-electron chi connectivity index (χ4n) is 4.76. The zero-order valence-electron chi connectivity index (χ0n) is 22.9. The van der Waals surface area contributed by atoms with Gasteiger partial charge in [0, 0.05) is 33.5 Å². The molecule has 15 heteroatoms. The Kier molecular flexibility index (Phi) is 9.14. The van der Waals surface area contributed by atoms with Crippen LogP contribution in [-0.4, -0.2) is 63.1 Å². The third-order valence-corrected chi connectivity index (χ3v) is 9.21. The third-order valence-electron chi connectivity index (χ3n) is 6.92. The molecule has 0 saturated heterocycles. The number of pyridine rings is 1. The normalized spacial score (nSPS) is 18.3. The number of hydrogen-bond donors (Lipinski definition) is 1. The van der Waals surface area contributed by atoms with Crippen LogP contribution < -0.4 is 9.64 Å². The predicted octanol–water partition coefficient (Wildman–Crippen LogP) is 6.79. The standard InChI is InChI=1S/C25H34BrF3N6O4Si/c1-5-33(24(36)37)21-12-19-18(13-30-21)23(26)32-35(19)16-6-8-17(9-7-16)39-20-14-31-34(22(20)25(27,28)29)15-38-10-11-40(2,3)4/h12-14,16-17H,5-11,15H2,1-4H3,(H,36,37)/t16-,17+. The number of carbonyl (C=O) groups is 1. The van der Waals surface area contributed by atoms with E-state index in [4.69, 9.17) is 9.47 Å². The SMILES string of the molecule is CCN(C(=O)O)c1cc2c(cn1)c(Br)nn2[C@H]1CC[C@@H](Oc2cnn(COCC[Si](C)(C)C)c2C(F)(F)F)CC1. The van der Waals surface area contributed by atoms with Crippen molar-refractivity contribution in [2.24, 2.45) is 0 Å². The number of ether oxygens (including phenoxy) is 2. The summed E-state index contributed by atoms with van der Waals surface area (Å²) in [5.41, 5.74) is -0.209. The third kappa shape index (κ3) is 6.97. The largest absolute Gasteiger partial charge is 0.486 e. The highest BCUT2D eigenvalue weighted by molar-refractivity contribution is 9.10. The van der Waals surface area contributed by atoms with Crippen molar-refractivity contribution < 1.29 is 32.5 Å². The van der Waals surface area contributed by atoms with Gasteiger partial charge in [-0.1, -0.05) is 19.6 Å². The van der Waals surface area contributed by atoms with Gasteiger partial charge in [0.1, 0.15) is 17.2 Å². The van der Waals surface area contributed by atoms with Crippen molar-refractivity contribution in [1.29, 1.82) is 0 Å². The molecule has 0 radical (unpaired) electrons. The number of alkyl halides is 3. The minimum atomic E-state index is -4.64. The number of halogens is 4. The second-order valence-corrected chi connectivity index (χ2v) is 17.4. The molecule has 1 fully saturated rings. The summed E-state index contributed by atoms with van der Waals surface area (Å²) >= 11 is 3.46. The van der Waals surface area contributed by atoms with Gasteiger partial charge in [-0.3, -0.25) is 9.58 Å². The highest BCUT2D eigenvalue weighted by Crippen LogP contribution is 2.39. The molecule has 1 saturated carbocycles. The summed E-state index contributed by atoms with van der Waals surface area (Å²) in [4.78, 5) is 17.0. The fraction of sp³-hybridized carbons (Fsp3) is 0.600. The maximum Gasteiger partial charge on any atom is 0.436 e. The second-order valence-electron chi connectivity index (χ2n) is 11.1. The average Bonchev–Trinajstić information content (AvgIpc) is 3.42. The summed E-state index contributed by atoms with van der Waals surface area (Å²) in [7, 11) is -1.37. The lowest BCUT2D eigenvalue weighted by molar-refractivity contribution is -0.148. The first-order valence-corrected chi connectivity index (χ1v) is 17.7. The minimum absolute atomic E-state index is 0.0339. The highest BCUT2D eigenvalue weighted by Gasteiger charge is 2.40. The Hall–Kier alpha value is -2.65. The van der Waals surface area contributed by atoms with E-state index in [1.54, 1.807) is 19.2 Å². The van der Waals surface area contributed by atoms with Gasteiger partial charge in [-0.15, -0.1) is 0 Å². The average molecular weight is 648 g/mol. The van der Waals surface area contributed by atoms with Gasteiger partial charge < -0.3 is 14.6 Å². The van der Waals surface area contributed by atoms with Gasteiger partial charge in [-0.25, -0.2) is 14.5 Å². The summed E-state index contributed by atoms with van der Waals surface area (Å²) in [6.45, 7) is 8.59. The Morgan fingerprint density at radius 3 is 2.52 bits per heavy atom. The minimum Gasteiger partial charge on any atom is -0.486 e. The van der Waals surface area contributed by atoms with Crippen LogP contribution in [0.15, 0.2) is 23.1 Å². The molecule has 40 heavy (non-hydrogen) atoms. The van der Waals surface area contributed by atoms with E-state index in [1.165, 1.54) is 0 Å². The predicted molar refractivity (Wildman–Crippen MR) is 150 cm³/mol. The molecule has 4 rings (SSSR count). The van der Waals surface area contributed by atoms with Gasteiger partial charge >= 0.3 is 12.3 Å². The lowest BCUT2D eigenvalue weighted by Gasteiger charge is -2.29. The molecule has 220 valence electrons. The highest BCUT2D eigenvalue weighted by atomic mass is 79.9. The van der Waals surface area contributed by atoms with Crippen molar-refractivity contribution >= 4 is 46.8 Å². The van der Waals surface area contributed by atoms with Gasteiger partial charge in [0.2, 0.25) is 0 Å². The molecular formula is C25H34BrF3N6O4Si. The lowest BCUT2D eigenvalue weighted by atomic mass is 9.93. The van der Waals surface area contributed by atoms with Gasteiger partial charge in [0.25, 0.3) is 0 Å². The zero-order chi connectivity index (χ0) is 29.2. The zero-order valence-corrected chi connectivity index (χ0v) is 25.5. The summed E-state index contributed by atoms with van der Waals surface area (Å²) in [6.07, 6.45) is -1.16. The molecule has 0 bridgehead atoms. The molecule has 1 aliphatic rings. The van der Waals surface area contributed by atoms with E-state index in [0.717, 1.165) is 32.7 Å². The molecule has 0 atom stereocenters. The molecule has 10 nitrogen and oxygen atoms in total. The van der Waals surface area contributed by atoms with Crippen LogP contribution in [0.4, 0.5) is 23.8 Å². The van der Waals surface area contributed by atoms with Crippen molar-refractivity contribution in [2.45, 2.75) is 83.3 Å². The Morgan fingerprint density at radius 1 is 1.23 bits per heavy atom. The van der Waals surface area contributed by atoms with Crippen LogP contribution in [0.1, 0.15) is 44.3 Å². The van der Waals surface area contributed by atoms with Crippen molar-refractivity contribution in [3.8, 4) is 5.75 Å². The van der Waals surface area contributed by atoms with Crippen LogP contribution >= 0.6 is 15.9 Å². The van der Waals surface area contributed by atoms with E-state index >= 15 is 0 Å². The summed E-state index contributed by atoms with van der Waals surface area (Å²) in [5, 5.41) is 18.8. The molecular weight excluding hydrogens is 613 g/mol. The van der Waals surface area contributed by atoms with Crippen molar-refractivity contribution in [2.75, 3.05) is 18.1 Å². The maximum absolute atomic E-state index is 13.9. The number of nitrogens with zero attached hydrogens (tertiary/aromatic N) is 6. The maximum atomic E-state index is 13.9. The van der Waals surface area contributed by atoms with Crippen molar-refractivity contribution in [1.82, 2.24) is 24.5 Å². The smallest absolute Gasteiger partial charge is 0.436 e. The first-order valence-electron chi connectivity index (χ1n) is 13.2. The topological polar surface area (TPSA) is 108 Å². The first kappa shape index (κ1) is 30.3. The molecule has 0 spiro atoms. The molecule has 0 unspecified atom stereocenters. The van der Waals surface area contributed by atoms with E-state index < -0.39 is 32.1 Å². The fourth-order valence-corrected chi connectivity index (χ4v) is 5.99. The van der Waals surface area contributed by atoms with Gasteiger partial charge in [-0.05, 0) is 54.6 Å². The molecule has 3 aromatic rings. The van der Waals surface area contributed by atoms with Gasteiger partial charge in [0.15, 0.2) is 11.4 Å². The summed E-state index contributed by atoms with van der Waals surface area (Å²) in [5.74, 6) is 0.00963. The van der Waals surface area contributed by atoms with Crippen LogP contribution in [0, 0.1) is 0 Å². The van der Waals surface area contributed by atoms with Crippen LogP contribution in [0.3, 0.4) is 0 Å².